The van der Waals surface area contributed by atoms with Crippen LogP contribution in [0.1, 0.15) is 45.1 Å². The van der Waals surface area contributed by atoms with E-state index < -0.39 is 0 Å². The fourth-order valence-corrected chi connectivity index (χ4v) is 2.33. The summed E-state index contributed by atoms with van der Waals surface area (Å²) < 4.78 is 1.99. The van der Waals surface area contributed by atoms with Crippen LogP contribution in [0.15, 0.2) is 18.7 Å². The highest BCUT2D eigenvalue weighted by atomic mass is 16.3. The lowest BCUT2D eigenvalue weighted by atomic mass is 10.1. The predicted molar refractivity (Wildman–Crippen MR) is 72.5 cm³/mol. The minimum absolute atomic E-state index is 0.00634. The second kappa shape index (κ2) is 6.70. The molecule has 0 spiro atoms. The van der Waals surface area contributed by atoms with Gasteiger partial charge in [-0.3, -0.25) is 4.79 Å². The topological polar surface area (TPSA) is 67.2 Å². The average molecular weight is 265 g/mol. The Morgan fingerprint density at radius 3 is 2.95 bits per heavy atom. The smallest absolute Gasteiger partial charge is 0.222 e. The second-order valence-electron chi connectivity index (χ2n) is 5.37. The van der Waals surface area contributed by atoms with Crippen LogP contribution in [0.5, 0.6) is 0 Å². The summed E-state index contributed by atoms with van der Waals surface area (Å²) in [5.41, 5.74) is 0. The van der Waals surface area contributed by atoms with Gasteiger partial charge in [-0.25, -0.2) is 4.98 Å². The maximum Gasteiger partial charge on any atom is 0.222 e. The first-order valence-corrected chi connectivity index (χ1v) is 7.13. The summed E-state index contributed by atoms with van der Waals surface area (Å²) in [4.78, 5) is 15.9. The SMILES string of the molecule is CCCC(CC(=O)NCC(O)C1CC1)n1ccnc1. The molecule has 1 aromatic heterocycles. The van der Waals surface area contributed by atoms with Crippen molar-refractivity contribution in [3.8, 4) is 0 Å². The van der Waals surface area contributed by atoms with Crippen molar-refractivity contribution in [3.05, 3.63) is 18.7 Å². The van der Waals surface area contributed by atoms with Gasteiger partial charge in [-0.2, -0.15) is 0 Å². The molecular formula is C14H23N3O2. The van der Waals surface area contributed by atoms with Gasteiger partial charge in [0.05, 0.1) is 12.4 Å². The van der Waals surface area contributed by atoms with E-state index in [2.05, 4.69) is 17.2 Å². The number of hydrogen-bond donors (Lipinski definition) is 2. The number of aromatic nitrogens is 2. The summed E-state index contributed by atoms with van der Waals surface area (Å²) in [5.74, 6) is 0.409. The van der Waals surface area contributed by atoms with Gasteiger partial charge in [-0.05, 0) is 25.2 Å². The van der Waals surface area contributed by atoms with E-state index in [-0.39, 0.29) is 18.1 Å². The molecule has 1 aliphatic rings. The normalized spacial score (nSPS) is 18.0. The van der Waals surface area contributed by atoms with Gasteiger partial charge in [0.1, 0.15) is 0 Å². The standard InChI is InChI=1S/C14H23N3O2/c1-2-3-12(17-7-6-15-10-17)8-14(19)16-9-13(18)11-4-5-11/h6-7,10-13,18H,2-5,8-9H2,1H3,(H,16,19). The van der Waals surface area contributed by atoms with Gasteiger partial charge < -0.3 is 15.0 Å². The fraction of sp³-hybridized carbons (Fsp3) is 0.714. The molecule has 1 aliphatic carbocycles. The van der Waals surface area contributed by atoms with Gasteiger partial charge in [-0.15, -0.1) is 0 Å². The van der Waals surface area contributed by atoms with Crippen molar-refractivity contribution < 1.29 is 9.90 Å². The lowest BCUT2D eigenvalue weighted by molar-refractivity contribution is -0.122. The van der Waals surface area contributed by atoms with E-state index in [1.807, 2.05) is 10.8 Å². The minimum atomic E-state index is -0.373. The third-order valence-electron chi connectivity index (χ3n) is 3.66. The zero-order chi connectivity index (χ0) is 13.7. The molecule has 0 bridgehead atoms. The average Bonchev–Trinajstić information content (AvgIpc) is 3.11. The first-order valence-electron chi connectivity index (χ1n) is 7.13. The van der Waals surface area contributed by atoms with Gasteiger partial charge in [-0.1, -0.05) is 13.3 Å². The van der Waals surface area contributed by atoms with Crippen LogP contribution in [0.2, 0.25) is 0 Å². The summed E-state index contributed by atoms with van der Waals surface area (Å²) in [6.45, 7) is 2.49. The molecule has 2 N–H and O–H groups in total. The number of carbonyl (C=O) groups is 1. The molecule has 2 atom stereocenters. The van der Waals surface area contributed by atoms with Gasteiger partial charge >= 0.3 is 0 Å². The van der Waals surface area contributed by atoms with Crippen molar-refractivity contribution in [3.63, 3.8) is 0 Å². The summed E-state index contributed by atoms with van der Waals surface area (Å²) in [5, 5.41) is 12.6. The summed E-state index contributed by atoms with van der Waals surface area (Å²) in [7, 11) is 0. The third-order valence-corrected chi connectivity index (χ3v) is 3.66. The van der Waals surface area contributed by atoms with E-state index in [4.69, 9.17) is 0 Å². The van der Waals surface area contributed by atoms with Crippen LogP contribution in [-0.2, 0) is 4.79 Å². The Morgan fingerprint density at radius 1 is 1.58 bits per heavy atom. The summed E-state index contributed by atoms with van der Waals surface area (Å²) in [6, 6.07) is 0.158. The second-order valence-corrected chi connectivity index (χ2v) is 5.37. The monoisotopic (exact) mass is 265 g/mol. The van der Waals surface area contributed by atoms with E-state index in [1.54, 1.807) is 12.5 Å². The van der Waals surface area contributed by atoms with Crippen LogP contribution < -0.4 is 5.32 Å². The molecule has 1 amide bonds. The molecular weight excluding hydrogens is 242 g/mol. The maximum atomic E-state index is 11.9. The van der Waals surface area contributed by atoms with Gasteiger partial charge in [0.2, 0.25) is 5.91 Å². The molecule has 1 heterocycles. The van der Waals surface area contributed by atoms with Gasteiger partial charge in [0.25, 0.3) is 0 Å². The molecule has 0 aromatic carbocycles. The van der Waals surface area contributed by atoms with E-state index in [1.165, 1.54) is 0 Å². The zero-order valence-electron chi connectivity index (χ0n) is 11.5. The number of nitrogens with one attached hydrogen (secondary N) is 1. The van der Waals surface area contributed by atoms with Crippen LogP contribution >= 0.6 is 0 Å². The van der Waals surface area contributed by atoms with E-state index in [0.717, 1.165) is 25.7 Å². The molecule has 5 heteroatoms. The number of amides is 1. The van der Waals surface area contributed by atoms with E-state index in [9.17, 15) is 9.90 Å². The molecule has 2 unspecified atom stereocenters. The van der Waals surface area contributed by atoms with E-state index >= 15 is 0 Å². The largest absolute Gasteiger partial charge is 0.391 e. The van der Waals surface area contributed by atoms with Crippen molar-refractivity contribution in [2.45, 2.75) is 51.2 Å². The number of aliphatic hydroxyl groups excluding tert-OH is 1. The molecule has 2 rings (SSSR count). The van der Waals surface area contributed by atoms with Crippen LogP contribution in [0, 0.1) is 5.92 Å². The lowest BCUT2D eigenvalue weighted by Gasteiger charge is -2.18. The summed E-state index contributed by atoms with van der Waals surface area (Å²) in [6.07, 6.45) is 9.62. The number of carbonyl (C=O) groups excluding carboxylic acids is 1. The fourth-order valence-electron chi connectivity index (χ4n) is 2.33. The first kappa shape index (κ1) is 14.1. The van der Waals surface area contributed by atoms with Crippen LogP contribution in [0.3, 0.4) is 0 Å². The van der Waals surface area contributed by atoms with Gasteiger partial charge in [0, 0.05) is 31.4 Å². The Balaban J connectivity index is 1.77. The molecule has 106 valence electrons. The van der Waals surface area contributed by atoms with Crippen molar-refractivity contribution in [1.82, 2.24) is 14.9 Å². The number of hydrogen-bond acceptors (Lipinski definition) is 3. The first-order chi connectivity index (χ1) is 9.20. The van der Waals surface area contributed by atoms with E-state index in [0.29, 0.717) is 18.9 Å². The van der Waals surface area contributed by atoms with Crippen molar-refractivity contribution in [2.75, 3.05) is 6.54 Å². The number of nitrogens with zero attached hydrogens (tertiary/aromatic N) is 2. The quantitative estimate of drug-likeness (QED) is 0.748. The van der Waals surface area contributed by atoms with Crippen LogP contribution in [0.25, 0.3) is 0 Å². The number of rotatable bonds is 8. The molecule has 0 radical (unpaired) electrons. The summed E-state index contributed by atoms with van der Waals surface area (Å²) >= 11 is 0. The Morgan fingerprint density at radius 2 is 2.37 bits per heavy atom. The lowest BCUT2D eigenvalue weighted by Crippen LogP contribution is -2.34. The Bertz CT molecular complexity index is 387. The molecule has 19 heavy (non-hydrogen) atoms. The highest BCUT2D eigenvalue weighted by Gasteiger charge is 2.29. The van der Waals surface area contributed by atoms with Crippen LogP contribution in [0.4, 0.5) is 0 Å². The molecule has 0 aliphatic heterocycles. The number of imidazole rings is 1. The highest BCUT2D eigenvalue weighted by Crippen LogP contribution is 2.32. The zero-order valence-corrected chi connectivity index (χ0v) is 11.5. The maximum absolute atomic E-state index is 11.9. The predicted octanol–water partition coefficient (Wildman–Crippen LogP) is 1.50. The third kappa shape index (κ3) is 4.35. The minimum Gasteiger partial charge on any atom is -0.391 e. The number of aliphatic hydroxyl groups is 1. The molecule has 5 nitrogen and oxygen atoms in total. The van der Waals surface area contributed by atoms with Crippen molar-refractivity contribution in [1.29, 1.82) is 0 Å². The van der Waals surface area contributed by atoms with Gasteiger partial charge in [0.15, 0.2) is 0 Å². The Kier molecular flexibility index (Phi) is 4.96. The Hall–Kier alpha value is -1.36. The van der Waals surface area contributed by atoms with Crippen LogP contribution in [-0.4, -0.2) is 33.2 Å². The molecule has 1 aromatic rings. The molecule has 0 saturated heterocycles. The highest BCUT2D eigenvalue weighted by molar-refractivity contribution is 5.76. The van der Waals surface area contributed by atoms with Crippen molar-refractivity contribution in [2.24, 2.45) is 5.92 Å². The molecule has 1 fully saturated rings. The molecule has 1 saturated carbocycles. The Labute approximate surface area is 114 Å². The van der Waals surface area contributed by atoms with Crippen molar-refractivity contribution >= 4 is 5.91 Å².